The second kappa shape index (κ2) is 4.37. The van der Waals surface area contributed by atoms with Gasteiger partial charge >= 0.3 is 0 Å². The molecule has 17 heavy (non-hydrogen) atoms. The highest BCUT2D eigenvalue weighted by atomic mass is 19.1. The number of ketones is 1. The molecule has 0 unspecified atom stereocenters. The van der Waals surface area contributed by atoms with E-state index >= 15 is 0 Å². The van der Waals surface area contributed by atoms with Gasteiger partial charge in [0, 0.05) is 11.3 Å². The van der Waals surface area contributed by atoms with Crippen molar-refractivity contribution in [1.29, 1.82) is 0 Å². The Labute approximate surface area is 98.9 Å². The lowest BCUT2D eigenvalue weighted by molar-refractivity contribution is 0.103. The fraction of sp³-hybridized carbons (Fsp3) is 0.0714. The van der Waals surface area contributed by atoms with E-state index in [1.54, 1.807) is 12.1 Å². The predicted molar refractivity (Wildman–Crippen MR) is 65.4 cm³/mol. The summed E-state index contributed by atoms with van der Waals surface area (Å²) in [5.74, 6) is -0.904. The minimum Gasteiger partial charge on any atom is -0.399 e. The van der Waals surface area contributed by atoms with Crippen LogP contribution < -0.4 is 5.73 Å². The average molecular weight is 229 g/mol. The maximum absolute atomic E-state index is 13.6. The van der Waals surface area contributed by atoms with Crippen molar-refractivity contribution in [3.8, 4) is 0 Å². The quantitative estimate of drug-likeness (QED) is 0.635. The SMILES string of the molecule is Cc1ccccc1C(=O)c1ccc(N)cc1F. The van der Waals surface area contributed by atoms with Crippen LogP contribution in [0.2, 0.25) is 0 Å². The largest absolute Gasteiger partial charge is 0.399 e. The summed E-state index contributed by atoms with van der Waals surface area (Å²) < 4.78 is 13.6. The van der Waals surface area contributed by atoms with Crippen molar-refractivity contribution in [2.45, 2.75) is 6.92 Å². The summed E-state index contributed by atoms with van der Waals surface area (Å²) in [7, 11) is 0. The Bertz CT molecular complexity index is 578. The summed E-state index contributed by atoms with van der Waals surface area (Å²) in [6.45, 7) is 1.82. The van der Waals surface area contributed by atoms with Gasteiger partial charge in [0.2, 0.25) is 0 Å². The van der Waals surface area contributed by atoms with Crippen LogP contribution in [0.25, 0.3) is 0 Å². The van der Waals surface area contributed by atoms with Crippen molar-refractivity contribution in [2.75, 3.05) is 5.73 Å². The summed E-state index contributed by atoms with van der Waals surface area (Å²) in [5, 5.41) is 0. The Hall–Kier alpha value is -2.16. The van der Waals surface area contributed by atoms with Crippen molar-refractivity contribution in [2.24, 2.45) is 0 Å². The van der Waals surface area contributed by atoms with Crippen molar-refractivity contribution in [3.05, 3.63) is 65.0 Å². The van der Waals surface area contributed by atoms with E-state index in [4.69, 9.17) is 5.73 Å². The molecule has 0 aliphatic rings. The van der Waals surface area contributed by atoms with E-state index in [-0.39, 0.29) is 11.3 Å². The van der Waals surface area contributed by atoms with E-state index in [2.05, 4.69) is 0 Å². The molecule has 86 valence electrons. The Morgan fingerprint density at radius 2 is 1.82 bits per heavy atom. The van der Waals surface area contributed by atoms with Gasteiger partial charge < -0.3 is 5.73 Å². The van der Waals surface area contributed by atoms with Gasteiger partial charge in [-0.25, -0.2) is 4.39 Å². The molecule has 0 aromatic heterocycles. The highest BCUT2D eigenvalue weighted by Crippen LogP contribution is 2.18. The molecule has 0 saturated heterocycles. The molecule has 0 radical (unpaired) electrons. The Morgan fingerprint density at radius 1 is 1.12 bits per heavy atom. The van der Waals surface area contributed by atoms with Crippen LogP contribution in [-0.2, 0) is 0 Å². The molecule has 0 atom stereocenters. The number of nitrogens with two attached hydrogens (primary N) is 1. The summed E-state index contributed by atoms with van der Waals surface area (Å²) in [5.41, 5.74) is 7.14. The fourth-order valence-corrected chi connectivity index (χ4v) is 1.69. The Kier molecular flexibility index (Phi) is 2.91. The molecular weight excluding hydrogens is 217 g/mol. The van der Waals surface area contributed by atoms with Gasteiger partial charge in [-0.05, 0) is 30.7 Å². The molecule has 2 N–H and O–H groups in total. The Balaban J connectivity index is 2.48. The number of hydrogen-bond acceptors (Lipinski definition) is 2. The molecule has 0 spiro atoms. The maximum atomic E-state index is 13.6. The van der Waals surface area contributed by atoms with Gasteiger partial charge in [-0.15, -0.1) is 0 Å². The van der Waals surface area contributed by atoms with Crippen molar-refractivity contribution >= 4 is 11.5 Å². The average Bonchev–Trinajstić information content (AvgIpc) is 2.29. The van der Waals surface area contributed by atoms with Gasteiger partial charge in [0.05, 0.1) is 5.56 Å². The number of halogens is 1. The molecule has 0 saturated carbocycles. The number of carbonyl (C=O) groups excluding carboxylic acids is 1. The molecule has 0 heterocycles. The van der Waals surface area contributed by atoms with Crippen LogP contribution in [0.15, 0.2) is 42.5 Å². The molecule has 0 amide bonds. The zero-order valence-electron chi connectivity index (χ0n) is 9.41. The van der Waals surface area contributed by atoms with Gasteiger partial charge in [0.15, 0.2) is 5.78 Å². The third-order valence-electron chi connectivity index (χ3n) is 2.63. The third kappa shape index (κ3) is 2.18. The first-order valence-electron chi connectivity index (χ1n) is 5.25. The minimum absolute atomic E-state index is 0.0495. The number of carbonyl (C=O) groups is 1. The first-order valence-corrected chi connectivity index (χ1v) is 5.25. The van der Waals surface area contributed by atoms with Crippen molar-refractivity contribution in [1.82, 2.24) is 0 Å². The molecule has 2 rings (SSSR count). The topological polar surface area (TPSA) is 43.1 Å². The smallest absolute Gasteiger partial charge is 0.196 e. The van der Waals surface area contributed by atoms with E-state index in [1.807, 2.05) is 19.1 Å². The Morgan fingerprint density at radius 3 is 2.47 bits per heavy atom. The zero-order valence-corrected chi connectivity index (χ0v) is 9.41. The second-order valence-corrected chi connectivity index (χ2v) is 3.88. The van der Waals surface area contributed by atoms with Gasteiger partial charge in [-0.1, -0.05) is 24.3 Å². The third-order valence-corrected chi connectivity index (χ3v) is 2.63. The first kappa shape index (κ1) is 11.3. The number of rotatable bonds is 2. The van der Waals surface area contributed by atoms with E-state index in [1.165, 1.54) is 12.1 Å². The molecule has 0 fully saturated rings. The molecule has 2 aromatic rings. The van der Waals surface area contributed by atoms with Crippen LogP contribution in [0.5, 0.6) is 0 Å². The molecule has 2 aromatic carbocycles. The van der Waals surface area contributed by atoms with Crippen LogP contribution in [0, 0.1) is 12.7 Å². The molecular formula is C14H12FNO. The normalized spacial score (nSPS) is 10.2. The predicted octanol–water partition coefficient (Wildman–Crippen LogP) is 2.95. The second-order valence-electron chi connectivity index (χ2n) is 3.88. The van der Waals surface area contributed by atoms with Crippen LogP contribution in [0.4, 0.5) is 10.1 Å². The lowest BCUT2D eigenvalue weighted by atomic mass is 9.99. The summed E-state index contributed by atoms with van der Waals surface area (Å²) in [6.07, 6.45) is 0. The molecule has 2 nitrogen and oxygen atoms in total. The van der Waals surface area contributed by atoms with Crippen molar-refractivity contribution < 1.29 is 9.18 Å². The first-order chi connectivity index (χ1) is 8.09. The molecule has 0 aliphatic heterocycles. The summed E-state index contributed by atoms with van der Waals surface area (Å²) >= 11 is 0. The zero-order chi connectivity index (χ0) is 12.4. The maximum Gasteiger partial charge on any atom is 0.196 e. The van der Waals surface area contributed by atoms with Crippen LogP contribution in [-0.4, -0.2) is 5.78 Å². The number of anilines is 1. The fourth-order valence-electron chi connectivity index (χ4n) is 1.69. The number of hydrogen-bond donors (Lipinski definition) is 1. The highest BCUT2D eigenvalue weighted by molar-refractivity contribution is 6.10. The van der Waals surface area contributed by atoms with E-state index in [9.17, 15) is 9.18 Å². The van der Waals surface area contributed by atoms with Gasteiger partial charge in [-0.2, -0.15) is 0 Å². The highest BCUT2D eigenvalue weighted by Gasteiger charge is 2.15. The van der Waals surface area contributed by atoms with E-state index in [0.29, 0.717) is 11.3 Å². The molecule has 3 heteroatoms. The van der Waals surface area contributed by atoms with E-state index in [0.717, 1.165) is 11.6 Å². The molecule has 0 bridgehead atoms. The minimum atomic E-state index is -0.585. The number of benzene rings is 2. The van der Waals surface area contributed by atoms with Gasteiger partial charge in [0.25, 0.3) is 0 Å². The lowest BCUT2D eigenvalue weighted by Gasteiger charge is -2.06. The van der Waals surface area contributed by atoms with Gasteiger partial charge in [0.1, 0.15) is 5.82 Å². The van der Waals surface area contributed by atoms with Crippen LogP contribution >= 0.6 is 0 Å². The number of aryl methyl sites for hydroxylation is 1. The standard InChI is InChI=1S/C14H12FNO/c1-9-4-2-3-5-11(9)14(17)12-7-6-10(16)8-13(12)15/h2-8H,16H2,1H3. The van der Waals surface area contributed by atoms with Crippen LogP contribution in [0.1, 0.15) is 21.5 Å². The van der Waals surface area contributed by atoms with E-state index < -0.39 is 5.82 Å². The summed E-state index contributed by atoms with van der Waals surface area (Å²) in [6, 6.07) is 11.2. The molecule has 0 aliphatic carbocycles. The lowest BCUT2D eigenvalue weighted by Crippen LogP contribution is -2.06. The summed E-state index contributed by atoms with van der Waals surface area (Å²) in [4.78, 5) is 12.1. The van der Waals surface area contributed by atoms with Gasteiger partial charge in [-0.3, -0.25) is 4.79 Å². The van der Waals surface area contributed by atoms with Crippen LogP contribution in [0.3, 0.4) is 0 Å². The monoisotopic (exact) mass is 229 g/mol. The van der Waals surface area contributed by atoms with Crippen molar-refractivity contribution in [3.63, 3.8) is 0 Å². The number of nitrogen functional groups attached to an aromatic ring is 1.